The second-order valence-corrected chi connectivity index (χ2v) is 7.28. The topological polar surface area (TPSA) is 0 Å². The molecule has 0 radical (unpaired) electrons. The van der Waals surface area contributed by atoms with E-state index in [1.807, 2.05) is 0 Å². The van der Waals surface area contributed by atoms with Crippen molar-refractivity contribution in [3.63, 3.8) is 0 Å². The molecule has 0 spiro atoms. The molecule has 6 aliphatic carbocycles. The minimum atomic E-state index is 0.428. The SMILES string of the molecule is C1=C[C@@H]2C(C3=C[C@H]4C=C[C@@H]3c3ccccc34)=C[C@H]1c1ccccc12. The van der Waals surface area contributed by atoms with Gasteiger partial charge in [0.2, 0.25) is 0 Å². The van der Waals surface area contributed by atoms with Crippen molar-refractivity contribution in [2.24, 2.45) is 0 Å². The average Bonchev–Trinajstić information content (AvgIpc) is 2.69. The van der Waals surface area contributed by atoms with Gasteiger partial charge >= 0.3 is 0 Å². The highest BCUT2D eigenvalue weighted by Gasteiger charge is 2.37. The van der Waals surface area contributed by atoms with Crippen LogP contribution in [0.5, 0.6) is 0 Å². The highest BCUT2D eigenvalue weighted by atomic mass is 14.4. The molecular weight excluding hydrogens is 288 g/mol. The van der Waals surface area contributed by atoms with Gasteiger partial charge in [0, 0.05) is 23.7 Å². The van der Waals surface area contributed by atoms with Crippen molar-refractivity contribution in [1.29, 1.82) is 0 Å². The Morgan fingerprint density at radius 2 is 0.875 bits per heavy atom. The number of fused-ring (bicyclic) bond motifs is 1. The fourth-order valence-corrected chi connectivity index (χ4v) is 5.05. The molecule has 6 aliphatic rings. The van der Waals surface area contributed by atoms with Gasteiger partial charge in [-0.15, -0.1) is 0 Å². The number of hydrogen-bond acceptors (Lipinski definition) is 0. The lowest BCUT2D eigenvalue weighted by molar-refractivity contribution is 0.771. The molecule has 0 amide bonds. The molecule has 0 aliphatic heterocycles. The summed E-state index contributed by atoms with van der Waals surface area (Å²) in [5.74, 6) is 1.75. The van der Waals surface area contributed by atoms with Gasteiger partial charge in [0.05, 0.1) is 0 Å². The van der Waals surface area contributed by atoms with Crippen molar-refractivity contribution in [2.45, 2.75) is 23.7 Å². The molecule has 0 nitrogen and oxygen atoms in total. The van der Waals surface area contributed by atoms with Gasteiger partial charge in [0.25, 0.3) is 0 Å². The summed E-state index contributed by atoms with van der Waals surface area (Å²) in [7, 11) is 0. The normalized spacial score (nSPS) is 30.7. The number of benzene rings is 2. The van der Waals surface area contributed by atoms with Crippen molar-refractivity contribution in [3.8, 4) is 0 Å². The molecule has 0 heterocycles. The Hall–Kier alpha value is -2.60. The van der Waals surface area contributed by atoms with Crippen molar-refractivity contribution in [2.75, 3.05) is 0 Å². The maximum absolute atomic E-state index is 2.51. The fourth-order valence-electron chi connectivity index (χ4n) is 5.05. The van der Waals surface area contributed by atoms with E-state index in [9.17, 15) is 0 Å². The predicted molar refractivity (Wildman–Crippen MR) is 98.3 cm³/mol. The molecule has 114 valence electrons. The first kappa shape index (κ1) is 12.8. The molecule has 0 fully saturated rings. The van der Waals surface area contributed by atoms with Crippen molar-refractivity contribution < 1.29 is 0 Å². The molecule has 0 unspecified atom stereocenters. The number of rotatable bonds is 1. The van der Waals surface area contributed by atoms with Gasteiger partial charge in [-0.3, -0.25) is 0 Å². The minimum Gasteiger partial charge on any atom is -0.0763 e. The Balaban J connectivity index is 1.49. The lowest BCUT2D eigenvalue weighted by Gasteiger charge is -2.40. The summed E-state index contributed by atoms with van der Waals surface area (Å²) >= 11 is 0. The maximum Gasteiger partial charge on any atom is 0.0273 e. The summed E-state index contributed by atoms with van der Waals surface area (Å²) < 4.78 is 0. The van der Waals surface area contributed by atoms with Gasteiger partial charge < -0.3 is 0 Å². The summed E-state index contributed by atoms with van der Waals surface area (Å²) in [6.45, 7) is 0. The first-order valence-electron chi connectivity index (χ1n) is 8.88. The van der Waals surface area contributed by atoms with E-state index < -0.39 is 0 Å². The summed E-state index contributed by atoms with van der Waals surface area (Å²) in [5.41, 5.74) is 9.06. The Morgan fingerprint density at radius 1 is 0.458 bits per heavy atom. The summed E-state index contributed by atoms with van der Waals surface area (Å²) in [4.78, 5) is 0. The van der Waals surface area contributed by atoms with Gasteiger partial charge in [-0.25, -0.2) is 0 Å². The molecule has 0 saturated heterocycles. The summed E-state index contributed by atoms with van der Waals surface area (Å²) in [6.07, 6.45) is 14.6. The Kier molecular flexibility index (Phi) is 2.38. The van der Waals surface area contributed by atoms with Crippen LogP contribution in [0.2, 0.25) is 0 Å². The molecular formula is C24H18. The minimum absolute atomic E-state index is 0.428. The molecule has 0 aromatic heterocycles. The highest BCUT2D eigenvalue weighted by Crippen LogP contribution is 2.53. The van der Waals surface area contributed by atoms with Gasteiger partial charge in [-0.05, 0) is 33.4 Å². The quantitative estimate of drug-likeness (QED) is 0.589. The van der Waals surface area contributed by atoms with Crippen molar-refractivity contribution >= 4 is 0 Å². The summed E-state index contributed by atoms with van der Waals surface area (Å²) in [6, 6.07) is 17.9. The van der Waals surface area contributed by atoms with E-state index in [4.69, 9.17) is 0 Å². The Morgan fingerprint density at radius 3 is 1.33 bits per heavy atom. The van der Waals surface area contributed by atoms with Gasteiger partial charge in [-0.1, -0.05) is 85.0 Å². The third kappa shape index (κ3) is 1.54. The third-order valence-electron chi connectivity index (χ3n) is 6.12. The van der Waals surface area contributed by atoms with E-state index in [0.717, 1.165) is 0 Å². The first-order valence-corrected chi connectivity index (χ1v) is 8.88. The zero-order chi connectivity index (χ0) is 15.7. The fraction of sp³-hybridized carbons (Fsp3) is 0.167. The first-order chi connectivity index (χ1) is 11.9. The molecule has 0 saturated carbocycles. The van der Waals surface area contributed by atoms with Crippen LogP contribution in [0.4, 0.5) is 0 Å². The van der Waals surface area contributed by atoms with Crippen LogP contribution < -0.4 is 0 Å². The smallest absolute Gasteiger partial charge is 0.0273 e. The van der Waals surface area contributed by atoms with Crippen LogP contribution in [0.25, 0.3) is 0 Å². The third-order valence-corrected chi connectivity index (χ3v) is 6.12. The standard InChI is InChI=1S/C24H18/c1-3-7-19-17(5-1)15-9-11-21(19)23(13-15)24-14-16-10-12-22(24)20-8-4-2-6-18(16)20/h1-16,21-22H/t15-,16+,21-,22+. The molecule has 4 atom stereocenters. The van der Waals surface area contributed by atoms with E-state index in [0.29, 0.717) is 23.7 Å². The van der Waals surface area contributed by atoms with Gasteiger partial charge in [0.15, 0.2) is 0 Å². The molecule has 2 aromatic carbocycles. The maximum atomic E-state index is 2.51. The molecule has 8 rings (SSSR count). The van der Waals surface area contributed by atoms with Crippen LogP contribution in [0.15, 0.2) is 96.1 Å². The van der Waals surface area contributed by atoms with E-state index in [2.05, 4.69) is 85.0 Å². The summed E-state index contributed by atoms with van der Waals surface area (Å²) in [5, 5.41) is 0. The molecule has 0 N–H and O–H groups in total. The van der Waals surface area contributed by atoms with E-state index in [1.165, 1.54) is 33.4 Å². The van der Waals surface area contributed by atoms with Crippen LogP contribution in [0, 0.1) is 0 Å². The van der Waals surface area contributed by atoms with Crippen LogP contribution in [-0.4, -0.2) is 0 Å². The monoisotopic (exact) mass is 306 g/mol. The zero-order valence-corrected chi connectivity index (χ0v) is 13.4. The molecule has 24 heavy (non-hydrogen) atoms. The largest absolute Gasteiger partial charge is 0.0763 e. The number of allylic oxidation sites excluding steroid dienone is 8. The van der Waals surface area contributed by atoms with Crippen LogP contribution in [0.1, 0.15) is 45.9 Å². The van der Waals surface area contributed by atoms with Crippen LogP contribution >= 0.6 is 0 Å². The Bertz CT molecular complexity index is 901. The average molecular weight is 306 g/mol. The second kappa shape index (κ2) is 4.48. The van der Waals surface area contributed by atoms with E-state index >= 15 is 0 Å². The molecule has 0 heteroatoms. The van der Waals surface area contributed by atoms with Crippen LogP contribution in [-0.2, 0) is 0 Å². The zero-order valence-electron chi connectivity index (χ0n) is 13.4. The lowest BCUT2D eigenvalue weighted by atomic mass is 9.64. The van der Waals surface area contributed by atoms with Crippen molar-refractivity contribution in [1.82, 2.24) is 0 Å². The van der Waals surface area contributed by atoms with Crippen molar-refractivity contribution in [3.05, 3.63) is 118 Å². The number of hydrogen-bond donors (Lipinski definition) is 0. The highest BCUT2D eigenvalue weighted by molar-refractivity contribution is 5.65. The molecule has 2 aromatic rings. The van der Waals surface area contributed by atoms with Gasteiger partial charge in [-0.2, -0.15) is 0 Å². The van der Waals surface area contributed by atoms with E-state index in [-0.39, 0.29) is 0 Å². The lowest BCUT2D eigenvalue weighted by Crippen LogP contribution is -2.24. The van der Waals surface area contributed by atoms with Gasteiger partial charge in [0.1, 0.15) is 0 Å². The molecule has 4 bridgehead atoms. The Labute approximate surface area is 142 Å². The van der Waals surface area contributed by atoms with Crippen LogP contribution in [0.3, 0.4) is 0 Å². The second-order valence-electron chi connectivity index (χ2n) is 7.28. The predicted octanol–water partition coefficient (Wildman–Crippen LogP) is 5.74. The van der Waals surface area contributed by atoms with E-state index in [1.54, 1.807) is 0 Å².